The summed E-state index contributed by atoms with van der Waals surface area (Å²) < 4.78 is 33.7. The van der Waals surface area contributed by atoms with Gasteiger partial charge in [-0.1, -0.05) is 17.7 Å². The van der Waals surface area contributed by atoms with E-state index in [4.69, 9.17) is 11.6 Å². The monoisotopic (exact) mass is 306 g/mol. The summed E-state index contributed by atoms with van der Waals surface area (Å²) in [5, 5.41) is 0.326. The standard InChI is InChI=1S/C11H12ClFN2O3S/c12-10-3-1-2-9(14-10)6-15-5-8(4-11(15)16)7-19(13,17)18/h1-3,8H,4-7H2. The smallest absolute Gasteiger partial charge is 0.302 e. The first-order valence-corrected chi connectivity index (χ1v) is 7.58. The molecule has 0 saturated carbocycles. The van der Waals surface area contributed by atoms with Crippen molar-refractivity contribution in [3.05, 3.63) is 29.0 Å². The summed E-state index contributed by atoms with van der Waals surface area (Å²) >= 11 is 5.74. The van der Waals surface area contributed by atoms with Gasteiger partial charge in [-0.3, -0.25) is 4.79 Å². The van der Waals surface area contributed by atoms with Crippen molar-refractivity contribution in [1.29, 1.82) is 0 Å². The number of pyridine rings is 1. The van der Waals surface area contributed by atoms with Crippen LogP contribution in [-0.4, -0.2) is 36.5 Å². The van der Waals surface area contributed by atoms with Gasteiger partial charge in [-0.05, 0) is 12.1 Å². The van der Waals surface area contributed by atoms with E-state index in [1.165, 1.54) is 4.90 Å². The molecule has 0 aromatic carbocycles. The van der Waals surface area contributed by atoms with E-state index in [0.29, 0.717) is 10.8 Å². The fourth-order valence-corrected chi connectivity index (χ4v) is 3.10. The molecule has 19 heavy (non-hydrogen) atoms. The van der Waals surface area contributed by atoms with E-state index < -0.39 is 21.9 Å². The van der Waals surface area contributed by atoms with Crippen LogP contribution in [0.2, 0.25) is 5.15 Å². The number of rotatable bonds is 4. The largest absolute Gasteiger partial charge is 0.336 e. The molecule has 1 amide bonds. The van der Waals surface area contributed by atoms with Crippen molar-refractivity contribution in [2.75, 3.05) is 12.3 Å². The normalized spacial score (nSPS) is 20.0. The number of halogens is 2. The van der Waals surface area contributed by atoms with Crippen LogP contribution in [0.1, 0.15) is 12.1 Å². The first-order chi connectivity index (χ1) is 8.83. The van der Waals surface area contributed by atoms with E-state index in [0.717, 1.165) is 0 Å². The Morgan fingerprint density at radius 3 is 2.84 bits per heavy atom. The van der Waals surface area contributed by atoms with E-state index in [2.05, 4.69) is 4.98 Å². The SMILES string of the molecule is O=C1CC(CS(=O)(=O)F)CN1Cc1cccc(Cl)n1. The van der Waals surface area contributed by atoms with Gasteiger partial charge in [0, 0.05) is 18.9 Å². The molecular weight excluding hydrogens is 295 g/mol. The van der Waals surface area contributed by atoms with Crippen molar-refractivity contribution in [1.82, 2.24) is 9.88 Å². The lowest BCUT2D eigenvalue weighted by Crippen LogP contribution is -2.25. The van der Waals surface area contributed by atoms with Gasteiger partial charge in [-0.25, -0.2) is 4.98 Å². The number of amides is 1. The molecule has 0 radical (unpaired) electrons. The van der Waals surface area contributed by atoms with Crippen LogP contribution in [0, 0.1) is 5.92 Å². The molecule has 0 aliphatic carbocycles. The molecule has 1 aromatic rings. The third-order valence-corrected chi connectivity index (χ3v) is 3.94. The number of likely N-dealkylation sites (tertiary alicyclic amines) is 1. The topological polar surface area (TPSA) is 67.3 Å². The highest BCUT2D eigenvalue weighted by molar-refractivity contribution is 7.86. The highest BCUT2D eigenvalue weighted by Crippen LogP contribution is 2.22. The number of nitrogens with zero attached hydrogens (tertiary/aromatic N) is 2. The first-order valence-electron chi connectivity index (χ1n) is 5.65. The Hall–Kier alpha value is -1.21. The summed E-state index contributed by atoms with van der Waals surface area (Å²) in [6.07, 6.45) is 0.0454. The molecule has 1 atom stereocenters. The molecule has 0 N–H and O–H groups in total. The molecule has 0 bridgehead atoms. The Kier molecular flexibility index (Phi) is 4.05. The van der Waals surface area contributed by atoms with Gasteiger partial charge in [0.25, 0.3) is 0 Å². The summed E-state index contributed by atoms with van der Waals surface area (Å²) in [5.74, 6) is -1.31. The molecule has 1 aliphatic heterocycles. The van der Waals surface area contributed by atoms with Gasteiger partial charge in [0.2, 0.25) is 5.91 Å². The first kappa shape index (κ1) is 14.2. The van der Waals surface area contributed by atoms with Gasteiger partial charge in [-0.15, -0.1) is 3.89 Å². The maximum Gasteiger partial charge on any atom is 0.302 e. The van der Waals surface area contributed by atoms with Crippen LogP contribution in [0.4, 0.5) is 3.89 Å². The second kappa shape index (κ2) is 5.42. The predicted octanol–water partition coefficient (Wildman–Crippen LogP) is 1.38. The summed E-state index contributed by atoms with van der Waals surface area (Å²) in [5.41, 5.74) is 0.615. The Labute approximate surface area is 115 Å². The van der Waals surface area contributed by atoms with Crippen molar-refractivity contribution >= 4 is 27.7 Å². The molecule has 2 heterocycles. The minimum absolute atomic E-state index is 0.0454. The van der Waals surface area contributed by atoms with Gasteiger partial charge >= 0.3 is 10.2 Å². The molecule has 2 rings (SSSR count). The fourth-order valence-electron chi connectivity index (χ4n) is 2.13. The lowest BCUT2D eigenvalue weighted by atomic mass is 10.1. The Balaban J connectivity index is 2.01. The number of carbonyl (C=O) groups excluding carboxylic acids is 1. The van der Waals surface area contributed by atoms with E-state index in [-0.39, 0.29) is 25.4 Å². The zero-order valence-electron chi connectivity index (χ0n) is 9.92. The zero-order chi connectivity index (χ0) is 14.0. The Morgan fingerprint density at radius 1 is 1.47 bits per heavy atom. The van der Waals surface area contributed by atoms with Crippen LogP contribution in [0.25, 0.3) is 0 Å². The van der Waals surface area contributed by atoms with Crippen LogP contribution in [-0.2, 0) is 21.6 Å². The molecule has 104 valence electrons. The number of hydrogen-bond acceptors (Lipinski definition) is 4. The fraction of sp³-hybridized carbons (Fsp3) is 0.455. The second-order valence-electron chi connectivity index (χ2n) is 4.50. The predicted molar refractivity (Wildman–Crippen MR) is 67.7 cm³/mol. The van der Waals surface area contributed by atoms with Crippen LogP contribution >= 0.6 is 11.6 Å². The van der Waals surface area contributed by atoms with Gasteiger partial charge in [0.05, 0.1) is 18.0 Å². The quantitative estimate of drug-likeness (QED) is 0.622. The maximum absolute atomic E-state index is 12.6. The Morgan fingerprint density at radius 2 is 2.21 bits per heavy atom. The van der Waals surface area contributed by atoms with Crippen LogP contribution in [0.15, 0.2) is 18.2 Å². The van der Waals surface area contributed by atoms with Crippen LogP contribution < -0.4 is 0 Å². The second-order valence-corrected chi connectivity index (χ2v) is 6.30. The van der Waals surface area contributed by atoms with Gasteiger partial charge in [0.1, 0.15) is 5.15 Å². The summed E-state index contributed by atoms with van der Waals surface area (Å²) in [7, 11) is -4.55. The van der Waals surface area contributed by atoms with E-state index in [1.807, 2.05) is 0 Å². The van der Waals surface area contributed by atoms with Crippen LogP contribution in [0.5, 0.6) is 0 Å². The third-order valence-electron chi connectivity index (χ3n) is 2.86. The maximum atomic E-state index is 12.6. The number of carbonyl (C=O) groups is 1. The minimum atomic E-state index is -4.55. The highest BCUT2D eigenvalue weighted by Gasteiger charge is 2.32. The van der Waals surface area contributed by atoms with Crippen molar-refractivity contribution in [3.63, 3.8) is 0 Å². The van der Waals surface area contributed by atoms with Gasteiger partial charge in [-0.2, -0.15) is 8.42 Å². The molecule has 1 unspecified atom stereocenters. The molecular formula is C11H12ClFN2O3S. The van der Waals surface area contributed by atoms with E-state index in [1.54, 1.807) is 18.2 Å². The molecule has 1 aromatic heterocycles. The van der Waals surface area contributed by atoms with Gasteiger partial charge < -0.3 is 4.90 Å². The van der Waals surface area contributed by atoms with E-state index >= 15 is 0 Å². The zero-order valence-corrected chi connectivity index (χ0v) is 11.5. The summed E-state index contributed by atoms with van der Waals surface area (Å²) in [4.78, 5) is 17.2. The summed E-state index contributed by atoms with van der Waals surface area (Å²) in [6, 6.07) is 5.06. The van der Waals surface area contributed by atoms with E-state index in [9.17, 15) is 17.1 Å². The van der Waals surface area contributed by atoms with Crippen molar-refractivity contribution < 1.29 is 17.1 Å². The number of hydrogen-bond donors (Lipinski definition) is 0. The molecule has 1 fully saturated rings. The number of aromatic nitrogens is 1. The highest BCUT2D eigenvalue weighted by atomic mass is 35.5. The lowest BCUT2D eigenvalue weighted by molar-refractivity contribution is -0.128. The van der Waals surface area contributed by atoms with Crippen LogP contribution in [0.3, 0.4) is 0 Å². The molecule has 0 spiro atoms. The molecule has 1 aliphatic rings. The third kappa shape index (κ3) is 4.14. The van der Waals surface area contributed by atoms with Crippen molar-refractivity contribution in [2.24, 2.45) is 5.92 Å². The summed E-state index contributed by atoms with van der Waals surface area (Å²) in [6.45, 7) is 0.471. The lowest BCUT2D eigenvalue weighted by Gasteiger charge is -2.15. The minimum Gasteiger partial charge on any atom is -0.336 e. The Bertz CT molecular complexity index is 593. The average molecular weight is 307 g/mol. The molecule has 8 heteroatoms. The van der Waals surface area contributed by atoms with Crippen molar-refractivity contribution in [3.8, 4) is 0 Å². The molecule has 5 nitrogen and oxygen atoms in total. The van der Waals surface area contributed by atoms with Crippen molar-refractivity contribution in [2.45, 2.75) is 13.0 Å². The molecule has 1 saturated heterocycles. The van der Waals surface area contributed by atoms with Gasteiger partial charge in [0.15, 0.2) is 0 Å². The average Bonchev–Trinajstić information content (AvgIpc) is 2.56.